The van der Waals surface area contributed by atoms with E-state index in [1.807, 2.05) is 0 Å². The molecule has 5 saturated carbocycles. The Bertz CT molecular complexity index is 798. The summed E-state index contributed by atoms with van der Waals surface area (Å²) in [5, 5.41) is -0.0442. The van der Waals surface area contributed by atoms with Crippen LogP contribution >= 0.6 is 21.1 Å². The molecule has 4 heteroatoms. The SMILES string of the molecule is C=C(C)C1CCC2(C(=O)Cl)CCC3C(CCC4C5(C)CCC(OP)C(C)C5CCC34C)C12. The van der Waals surface area contributed by atoms with Gasteiger partial charge in [0.2, 0.25) is 5.24 Å². The Balaban J connectivity index is 1.49. The van der Waals surface area contributed by atoms with Crippen LogP contribution in [-0.4, -0.2) is 11.3 Å². The van der Waals surface area contributed by atoms with E-state index >= 15 is 0 Å². The zero-order valence-corrected chi connectivity index (χ0v) is 22.6. The molecular weight excluding hydrogens is 435 g/mol. The van der Waals surface area contributed by atoms with E-state index in [4.69, 9.17) is 16.1 Å². The molecule has 0 heterocycles. The lowest BCUT2D eigenvalue weighted by Crippen LogP contribution is -2.61. The highest BCUT2D eigenvalue weighted by Crippen LogP contribution is 2.73. The first-order chi connectivity index (χ1) is 15.1. The highest BCUT2D eigenvalue weighted by Gasteiger charge is 2.67. The Labute approximate surface area is 203 Å². The van der Waals surface area contributed by atoms with Crippen molar-refractivity contribution in [2.75, 3.05) is 0 Å². The van der Waals surface area contributed by atoms with Crippen molar-refractivity contribution in [3.63, 3.8) is 0 Å². The highest BCUT2D eigenvalue weighted by atomic mass is 35.5. The third-order valence-electron chi connectivity index (χ3n) is 12.3. The lowest BCUT2D eigenvalue weighted by atomic mass is 9.37. The predicted octanol–water partition coefficient (Wildman–Crippen LogP) is 7.80. The summed E-state index contributed by atoms with van der Waals surface area (Å²) in [6.45, 7) is 14.3. The summed E-state index contributed by atoms with van der Waals surface area (Å²) in [7, 11) is 2.54. The molecule has 0 radical (unpaired) electrons. The summed E-state index contributed by atoms with van der Waals surface area (Å²) in [6.07, 6.45) is 12.5. The molecule has 32 heavy (non-hydrogen) atoms. The van der Waals surface area contributed by atoms with Gasteiger partial charge in [-0.25, -0.2) is 0 Å². The lowest BCUT2D eigenvalue weighted by Gasteiger charge is -2.68. The molecule has 5 aliphatic carbocycles. The minimum atomic E-state index is -0.278. The topological polar surface area (TPSA) is 26.3 Å². The van der Waals surface area contributed by atoms with Crippen LogP contribution in [0.15, 0.2) is 12.2 Å². The first-order valence-electron chi connectivity index (χ1n) is 13.3. The Hall–Kier alpha value is 0.0900. The van der Waals surface area contributed by atoms with Gasteiger partial charge < -0.3 is 4.52 Å². The van der Waals surface area contributed by atoms with Gasteiger partial charge in [-0.05, 0) is 135 Å². The van der Waals surface area contributed by atoms with Gasteiger partial charge in [-0.1, -0.05) is 32.9 Å². The van der Waals surface area contributed by atoms with E-state index in [0.717, 1.165) is 37.0 Å². The van der Waals surface area contributed by atoms with E-state index in [1.165, 1.54) is 50.5 Å². The molecule has 0 spiro atoms. The first-order valence-corrected chi connectivity index (χ1v) is 14.2. The average Bonchev–Trinajstić information content (AvgIpc) is 3.15. The Morgan fingerprint density at radius 3 is 2.25 bits per heavy atom. The monoisotopic (exact) mass is 478 g/mol. The fourth-order valence-corrected chi connectivity index (χ4v) is 11.6. The number of fused-ring (bicyclic) bond motifs is 7. The molecule has 0 bridgehead atoms. The molecule has 5 rings (SSSR count). The zero-order valence-electron chi connectivity index (χ0n) is 20.7. The van der Waals surface area contributed by atoms with E-state index in [-0.39, 0.29) is 10.7 Å². The smallest absolute Gasteiger partial charge is 0.228 e. The fourth-order valence-electron chi connectivity index (χ4n) is 10.9. The lowest BCUT2D eigenvalue weighted by molar-refractivity contribution is -0.194. The second-order valence-corrected chi connectivity index (χ2v) is 13.7. The average molecular weight is 479 g/mol. The minimum Gasteiger partial charge on any atom is -0.362 e. The number of allylic oxidation sites excluding steroid dienone is 1. The van der Waals surface area contributed by atoms with E-state index in [0.29, 0.717) is 40.6 Å². The number of carbonyl (C=O) groups excluding carboxylic acids is 1. The maximum atomic E-state index is 12.9. The van der Waals surface area contributed by atoms with Crippen LogP contribution in [0.25, 0.3) is 0 Å². The normalized spacial score (nSPS) is 54.7. The van der Waals surface area contributed by atoms with Crippen molar-refractivity contribution in [1.29, 1.82) is 0 Å². The molecule has 0 aliphatic heterocycles. The van der Waals surface area contributed by atoms with Crippen molar-refractivity contribution in [3.05, 3.63) is 12.2 Å². The summed E-state index contributed by atoms with van der Waals surface area (Å²) in [4.78, 5) is 12.9. The van der Waals surface area contributed by atoms with Gasteiger partial charge in [-0.3, -0.25) is 4.79 Å². The van der Waals surface area contributed by atoms with Gasteiger partial charge in [0.25, 0.3) is 0 Å². The van der Waals surface area contributed by atoms with Crippen LogP contribution < -0.4 is 0 Å². The molecule has 12 atom stereocenters. The van der Waals surface area contributed by atoms with Crippen molar-refractivity contribution in [2.45, 2.75) is 98.0 Å². The van der Waals surface area contributed by atoms with Crippen LogP contribution in [0.1, 0.15) is 91.9 Å². The van der Waals surface area contributed by atoms with Crippen molar-refractivity contribution < 1.29 is 9.32 Å². The second-order valence-electron chi connectivity index (χ2n) is 13.1. The predicted molar refractivity (Wildman–Crippen MR) is 135 cm³/mol. The largest absolute Gasteiger partial charge is 0.362 e. The number of halogens is 1. The van der Waals surface area contributed by atoms with Gasteiger partial charge in [0.15, 0.2) is 0 Å². The molecule has 5 fully saturated rings. The highest BCUT2D eigenvalue weighted by molar-refractivity contribution is 7.09. The summed E-state index contributed by atoms with van der Waals surface area (Å²) in [5.41, 5.74) is 1.83. The molecule has 0 aromatic heterocycles. The first kappa shape index (κ1) is 23.8. The van der Waals surface area contributed by atoms with E-state index in [1.54, 1.807) is 0 Å². The van der Waals surface area contributed by atoms with E-state index in [2.05, 4.69) is 43.7 Å². The third-order valence-corrected chi connectivity index (χ3v) is 13.0. The van der Waals surface area contributed by atoms with Crippen LogP contribution in [0.4, 0.5) is 0 Å². The summed E-state index contributed by atoms with van der Waals surface area (Å²) < 4.78 is 5.82. The van der Waals surface area contributed by atoms with Crippen LogP contribution in [0.5, 0.6) is 0 Å². The number of hydrogen-bond acceptors (Lipinski definition) is 2. The molecule has 0 amide bonds. The zero-order chi connectivity index (χ0) is 23.1. The van der Waals surface area contributed by atoms with Crippen LogP contribution in [0.3, 0.4) is 0 Å². The number of hydrogen-bond donors (Lipinski definition) is 0. The fraction of sp³-hybridized carbons (Fsp3) is 0.893. The van der Waals surface area contributed by atoms with Crippen LogP contribution in [0.2, 0.25) is 0 Å². The minimum absolute atomic E-state index is 0.0442. The van der Waals surface area contributed by atoms with Crippen LogP contribution in [-0.2, 0) is 9.32 Å². The van der Waals surface area contributed by atoms with Gasteiger partial charge in [0, 0.05) is 14.9 Å². The van der Waals surface area contributed by atoms with Crippen molar-refractivity contribution in [1.82, 2.24) is 0 Å². The van der Waals surface area contributed by atoms with Gasteiger partial charge >= 0.3 is 0 Å². The third kappa shape index (κ3) is 3.07. The van der Waals surface area contributed by atoms with Gasteiger partial charge in [0.05, 0.1) is 6.10 Å². The maximum absolute atomic E-state index is 12.9. The summed E-state index contributed by atoms with van der Waals surface area (Å²) in [5.74, 6) is 4.49. The van der Waals surface area contributed by atoms with E-state index in [9.17, 15) is 4.79 Å². The standard InChI is InChI=1S/C28H44ClO2P/c1-16(2)18-8-14-28(25(29)30)15-10-21-19(24(18)28)6-7-23-26(4)13-11-22(31-32)17(3)20(26)9-12-27(21,23)5/h17-24H,1,6-15,32H2,2-5H3. The Kier molecular flexibility index (Phi) is 6.00. The molecule has 0 saturated heterocycles. The van der Waals surface area contributed by atoms with Gasteiger partial charge in [-0.15, -0.1) is 0 Å². The second kappa shape index (κ2) is 8.06. The number of carbonyl (C=O) groups is 1. The Morgan fingerprint density at radius 1 is 0.969 bits per heavy atom. The molecule has 5 aliphatic rings. The molecular formula is C28H44ClO2P. The van der Waals surface area contributed by atoms with E-state index < -0.39 is 0 Å². The molecule has 180 valence electrons. The number of rotatable bonds is 3. The molecule has 12 unspecified atom stereocenters. The molecule has 0 aromatic rings. The molecule has 2 nitrogen and oxygen atoms in total. The van der Waals surface area contributed by atoms with Crippen molar-refractivity contribution in [2.24, 2.45) is 57.7 Å². The van der Waals surface area contributed by atoms with Gasteiger partial charge in [0.1, 0.15) is 0 Å². The Morgan fingerprint density at radius 2 is 1.59 bits per heavy atom. The quantitative estimate of drug-likeness (QED) is 0.235. The summed E-state index contributed by atoms with van der Waals surface area (Å²) in [6, 6.07) is 0. The van der Waals surface area contributed by atoms with Crippen LogP contribution in [0, 0.1) is 57.7 Å². The van der Waals surface area contributed by atoms with Gasteiger partial charge in [-0.2, -0.15) is 0 Å². The van der Waals surface area contributed by atoms with Crippen molar-refractivity contribution >= 4 is 26.3 Å². The maximum Gasteiger partial charge on any atom is 0.228 e. The molecule has 0 N–H and O–H groups in total. The molecule has 0 aromatic carbocycles. The van der Waals surface area contributed by atoms with Crippen molar-refractivity contribution in [3.8, 4) is 0 Å². The summed E-state index contributed by atoms with van der Waals surface area (Å²) >= 11 is 6.40.